The molecule has 0 aliphatic heterocycles. The van der Waals surface area contributed by atoms with E-state index in [0.717, 1.165) is 11.7 Å². The predicted octanol–water partition coefficient (Wildman–Crippen LogP) is 3.75. The molecule has 2 nitrogen and oxygen atoms in total. The predicted molar refractivity (Wildman–Crippen MR) is 83.0 cm³/mol. The summed E-state index contributed by atoms with van der Waals surface area (Å²) in [5.41, 5.74) is 2.67. The summed E-state index contributed by atoms with van der Waals surface area (Å²) < 4.78 is 0. The molecule has 0 saturated heterocycles. The largest absolute Gasteiger partial charge is 0.363 e. The van der Waals surface area contributed by atoms with Crippen LogP contribution in [-0.2, 0) is 0 Å². The number of hydrogen-bond donors (Lipinski definition) is 2. The van der Waals surface area contributed by atoms with Crippen LogP contribution in [0.1, 0.15) is 57.2 Å². The molecule has 0 saturated carbocycles. The lowest BCUT2D eigenvalue weighted by atomic mass is 9.96. The summed E-state index contributed by atoms with van der Waals surface area (Å²) in [5.74, 6) is 0.630. The third-order valence-corrected chi connectivity index (χ3v) is 3.56. The minimum absolute atomic E-state index is 0.238. The molecule has 1 aromatic carbocycles. The van der Waals surface area contributed by atoms with Crippen LogP contribution in [0.25, 0.3) is 0 Å². The van der Waals surface area contributed by atoms with E-state index in [-0.39, 0.29) is 6.04 Å². The molecule has 18 heavy (non-hydrogen) atoms. The van der Waals surface area contributed by atoms with Gasteiger partial charge in [0.25, 0.3) is 0 Å². The van der Waals surface area contributed by atoms with Gasteiger partial charge in [-0.3, -0.25) is 0 Å². The molecule has 0 aliphatic rings. The summed E-state index contributed by atoms with van der Waals surface area (Å²) in [6, 6.07) is 9.06. The van der Waals surface area contributed by atoms with E-state index in [1.165, 1.54) is 17.5 Å². The number of rotatable bonds is 5. The summed E-state index contributed by atoms with van der Waals surface area (Å²) in [4.78, 5) is 0. The van der Waals surface area contributed by atoms with Crippen molar-refractivity contribution in [2.24, 2.45) is 0 Å². The molecule has 2 N–H and O–H groups in total. The van der Waals surface area contributed by atoms with Gasteiger partial charge in [-0.25, -0.2) is 0 Å². The van der Waals surface area contributed by atoms with Crippen molar-refractivity contribution in [3.05, 3.63) is 35.4 Å². The number of hydrogen-bond acceptors (Lipinski definition) is 1. The summed E-state index contributed by atoms with van der Waals surface area (Å²) in [7, 11) is 0. The van der Waals surface area contributed by atoms with Crippen molar-refractivity contribution in [3.8, 4) is 0 Å². The van der Waals surface area contributed by atoms with E-state index in [1.807, 2.05) is 6.92 Å². The van der Waals surface area contributed by atoms with Gasteiger partial charge >= 0.3 is 0 Å². The van der Waals surface area contributed by atoms with Gasteiger partial charge in [0.1, 0.15) is 0 Å². The Morgan fingerprint density at radius 2 is 1.67 bits per heavy atom. The zero-order chi connectivity index (χ0) is 13.5. The Balaban J connectivity index is 2.64. The van der Waals surface area contributed by atoms with Gasteiger partial charge in [-0.05, 0) is 49.5 Å². The fourth-order valence-corrected chi connectivity index (χ4v) is 2.16. The van der Waals surface area contributed by atoms with Crippen LogP contribution in [0.3, 0.4) is 0 Å². The average Bonchev–Trinajstić information content (AvgIpc) is 2.38. The maximum absolute atomic E-state index is 5.19. The molecule has 0 bridgehead atoms. The highest BCUT2D eigenvalue weighted by atomic mass is 32.1. The highest BCUT2D eigenvalue weighted by Gasteiger charge is 2.08. The van der Waals surface area contributed by atoms with Gasteiger partial charge in [-0.2, -0.15) is 0 Å². The molecule has 2 atom stereocenters. The summed E-state index contributed by atoms with van der Waals surface area (Å²) >= 11 is 5.19. The summed E-state index contributed by atoms with van der Waals surface area (Å²) in [6.07, 6.45) is 1.18. The van der Waals surface area contributed by atoms with Gasteiger partial charge in [0.05, 0.1) is 6.04 Å². The summed E-state index contributed by atoms with van der Waals surface area (Å²) in [6.45, 7) is 9.50. The van der Waals surface area contributed by atoms with Crippen molar-refractivity contribution in [1.29, 1.82) is 0 Å². The van der Waals surface area contributed by atoms with Crippen LogP contribution in [0.4, 0.5) is 0 Å². The Bertz CT molecular complexity index is 373. The maximum Gasteiger partial charge on any atom is 0.166 e. The minimum atomic E-state index is 0.238. The van der Waals surface area contributed by atoms with Crippen molar-refractivity contribution in [2.45, 2.75) is 46.1 Å². The first kappa shape index (κ1) is 15.0. The molecule has 0 fully saturated rings. The van der Waals surface area contributed by atoms with Crippen molar-refractivity contribution in [3.63, 3.8) is 0 Å². The smallest absolute Gasteiger partial charge is 0.166 e. The lowest BCUT2D eigenvalue weighted by Gasteiger charge is -2.18. The van der Waals surface area contributed by atoms with Gasteiger partial charge in [0.2, 0.25) is 0 Å². The van der Waals surface area contributed by atoms with Gasteiger partial charge in [-0.1, -0.05) is 38.1 Å². The van der Waals surface area contributed by atoms with Crippen molar-refractivity contribution < 1.29 is 0 Å². The topological polar surface area (TPSA) is 24.1 Å². The Morgan fingerprint density at radius 1 is 1.11 bits per heavy atom. The van der Waals surface area contributed by atoms with Gasteiger partial charge < -0.3 is 10.6 Å². The standard InChI is InChI=1S/C15H24N2S/c1-5-11(3)13-7-9-14(10-8-13)12(4)17-15(18)16-6-2/h7-12H,5-6H2,1-4H3,(H2,16,17,18). The first-order chi connectivity index (χ1) is 8.58. The van der Waals surface area contributed by atoms with E-state index in [0.29, 0.717) is 5.92 Å². The molecule has 100 valence electrons. The van der Waals surface area contributed by atoms with Crippen molar-refractivity contribution >= 4 is 17.3 Å². The van der Waals surface area contributed by atoms with Crippen LogP contribution >= 0.6 is 12.2 Å². The third kappa shape index (κ3) is 4.30. The Kier molecular flexibility index (Phi) is 6.13. The second-order valence-corrected chi connectivity index (χ2v) is 5.11. The fourth-order valence-electron chi connectivity index (χ4n) is 1.84. The number of benzene rings is 1. The zero-order valence-electron chi connectivity index (χ0n) is 11.8. The lowest BCUT2D eigenvalue weighted by Crippen LogP contribution is -2.36. The van der Waals surface area contributed by atoms with Crippen LogP contribution in [0, 0.1) is 0 Å². The van der Waals surface area contributed by atoms with E-state index in [1.54, 1.807) is 0 Å². The first-order valence-electron chi connectivity index (χ1n) is 6.72. The molecule has 0 aliphatic carbocycles. The van der Waals surface area contributed by atoms with Crippen molar-refractivity contribution in [2.75, 3.05) is 6.54 Å². The Morgan fingerprint density at radius 3 is 2.17 bits per heavy atom. The molecular formula is C15H24N2S. The molecular weight excluding hydrogens is 240 g/mol. The molecule has 0 aromatic heterocycles. The normalized spacial score (nSPS) is 13.8. The van der Waals surface area contributed by atoms with Crippen LogP contribution in [0.15, 0.2) is 24.3 Å². The molecule has 2 unspecified atom stereocenters. The third-order valence-electron chi connectivity index (χ3n) is 3.30. The van der Waals surface area contributed by atoms with E-state index in [4.69, 9.17) is 12.2 Å². The number of nitrogens with one attached hydrogen (secondary N) is 2. The van der Waals surface area contributed by atoms with Gasteiger partial charge in [-0.15, -0.1) is 0 Å². The number of thiocarbonyl (C=S) groups is 1. The van der Waals surface area contributed by atoms with Crippen LogP contribution in [0.5, 0.6) is 0 Å². The maximum atomic E-state index is 5.19. The van der Waals surface area contributed by atoms with E-state index in [2.05, 4.69) is 55.7 Å². The second-order valence-electron chi connectivity index (χ2n) is 4.70. The molecule has 3 heteroatoms. The highest BCUT2D eigenvalue weighted by Crippen LogP contribution is 2.21. The molecule has 0 spiro atoms. The quantitative estimate of drug-likeness (QED) is 0.792. The van der Waals surface area contributed by atoms with Crippen LogP contribution < -0.4 is 10.6 Å². The van der Waals surface area contributed by atoms with Crippen LogP contribution in [-0.4, -0.2) is 11.7 Å². The minimum Gasteiger partial charge on any atom is -0.363 e. The molecule has 0 amide bonds. The van der Waals surface area contributed by atoms with E-state index in [9.17, 15) is 0 Å². The fraction of sp³-hybridized carbons (Fsp3) is 0.533. The monoisotopic (exact) mass is 264 g/mol. The van der Waals surface area contributed by atoms with E-state index >= 15 is 0 Å². The average molecular weight is 264 g/mol. The Hall–Kier alpha value is -1.09. The lowest BCUT2D eigenvalue weighted by molar-refractivity contribution is 0.697. The Labute approximate surface area is 116 Å². The molecule has 0 radical (unpaired) electrons. The van der Waals surface area contributed by atoms with Gasteiger partial charge in [0.15, 0.2) is 5.11 Å². The summed E-state index contributed by atoms with van der Waals surface area (Å²) in [5, 5.41) is 7.10. The zero-order valence-corrected chi connectivity index (χ0v) is 12.6. The van der Waals surface area contributed by atoms with Crippen LogP contribution in [0.2, 0.25) is 0 Å². The van der Waals surface area contributed by atoms with Gasteiger partial charge in [0, 0.05) is 6.54 Å². The first-order valence-corrected chi connectivity index (χ1v) is 7.13. The molecule has 1 aromatic rings. The highest BCUT2D eigenvalue weighted by molar-refractivity contribution is 7.80. The second kappa shape index (κ2) is 7.37. The SMILES string of the molecule is CCNC(=S)NC(C)c1ccc(C(C)CC)cc1. The van der Waals surface area contributed by atoms with E-state index < -0.39 is 0 Å². The molecule has 0 heterocycles. The molecule has 1 rings (SSSR count). The van der Waals surface area contributed by atoms with Crippen molar-refractivity contribution in [1.82, 2.24) is 10.6 Å².